The van der Waals surface area contributed by atoms with Crippen molar-refractivity contribution in [2.75, 3.05) is 12.8 Å². The molecule has 25 heavy (non-hydrogen) atoms. The molecule has 2 aromatic carbocycles. The first-order valence-electron chi connectivity index (χ1n) is 8.01. The fourth-order valence-corrected chi connectivity index (χ4v) is 3.20. The van der Waals surface area contributed by atoms with Crippen molar-refractivity contribution in [3.8, 4) is 5.75 Å². The van der Waals surface area contributed by atoms with Crippen LogP contribution >= 0.6 is 0 Å². The number of hydrogen-bond donors (Lipinski definition) is 2. The molecule has 0 radical (unpaired) electrons. The molecular weight excluding hydrogens is 322 g/mol. The number of benzene rings is 2. The van der Waals surface area contributed by atoms with Gasteiger partial charge in [0.2, 0.25) is 0 Å². The van der Waals surface area contributed by atoms with E-state index in [1.54, 1.807) is 0 Å². The first-order valence-corrected chi connectivity index (χ1v) is 8.01. The molecule has 0 spiro atoms. The molecule has 0 saturated heterocycles. The Morgan fingerprint density at radius 3 is 2.84 bits per heavy atom. The highest BCUT2D eigenvalue weighted by Gasteiger charge is 2.24. The predicted octanol–water partition coefficient (Wildman–Crippen LogP) is 2.99. The zero-order valence-corrected chi connectivity index (χ0v) is 13.8. The lowest BCUT2D eigenvalue weighted by molar-refractivity contribution is -0.385. The maximum absolute atomic E-state index is 12.6. The van der Waals surface area contributed by atoms with E-state index in [4.69, 9.17) is 10.5 Å². The SMILES string of the molecule is COc1cc(C(=O)NC2CCCc3cc(N)ccc32)ccc1[N+](=O)[O-]. The number of rotatable bonds is 4. The number of anilines is 1. The van der Waals surface area contributed by atoms with E-state index in [9.17, 15) is 14.9 Å². The number of fused-ring (bicyclic) bond motifs is 1. The number of methoxy groups -OCH3 is 1. The van der Waals surface area contributed by atoms with E-state index < -0.39 is 4.92 Å². The number of nitrogens with zero attached hydrogens (tertiary/aromatic N) is 1. The number of carbonyl (C=O) groups is 1. The molecule has 1 aliphatic carbocycles. The van der Waals surface area contributed by atoms with Gasteiger partial charge < -0.3 is 15.8 Å². The van der Waals surface area contributed by atoms with Crippen LogP contribution in [-0.4, -0.2) is 17.9 Å². The van der Waals surface area contributed by atoms with Crippen LogP contribution < -0.4 is 15.8 Å². The number of amides is 1. The van der Waals surface area contributed by atoms with Crippen molar-refractivity contribution in [3.63, 3.8) is 0 Å². The van der Waals surface area contributed by atoms with Crippen molar-refractivity contribution >= 4 is 17.3 Å². The van der Waals surface area contributed by atoms with Gasteiger partial charge in [-0.3, -0.25) is 14.9 Å². The maximum atomic E-state index is 12.6. The lowest BCUT2D eigenvalue weighted by Gasteiger charge is -2.26. The molecule has 7 heteroatoms. The van der Waals surface area contributed by atoms with E-state index in [2.05, 4.69) is 5.32 Å². The average molecular weight is 341 g/mol. The molecule has 7 nitrogen and oxygen atoms in total. The highest BCUT2D eigenvalue weighted by Crippen LogP contribution is 2.32. The molecule has 1 aliphatic rings. The summed E-state index contributed by atoms with van der Waals surface area (Å²) >= 11 is 0. The molecule has 0 fully saturated rings. The molecule has 3 N–H and O–H groups in total. The molecule has 1 unspecified atom stereocenters. The molecular formula is C18H19N3O4. The highest BCUT2D eigenvalue weighted by atomic mass is 16.6. The lowest BCUT2D eigenvalue weighted by Crippen LogP contribution is -2.31. The number of nitrogens with one attached hydrogen (secondary N) is 1. The van der Waals surface area contributed by atoms with Crippen LogP contribution in [0.4, 0.5) is 11.4 Å². The second-order valence-electron chi connectivity index (χ2n) is 6.02. The van der Waals surface area contributed by atoms with E-state index >= 15 is 0 Å². The highest BCUT2D eigenvalue weighted by molar-refractivity contribution is 5.95. The number of nitrogen functional groups attached to an aromatic ring is 1. The van der Waals surface area contributed by atoms with Crippen LogP contribution in [0, 0.1) is 10.1 Å². The summed E-state index contributed by atoms with van der Waals surface area (Å²) in [5.74, 6) is -0.225. The van der Waals surface area contributed by atoms with Gasteiger partial charge in [-0.1, -0.05) is 6.07 Å². The van der Waals surface area contributed by atoms with Crippen LogP contribution in [0.25, 0.3) is 0 Å². The van der Waals surface area contributed by atoms with Gasteiger partial charge in [-0.05, 0) is 48.6 Å². The number of nitro benzene ring substituents is 1. The fourth-order valence-electron chi connectivity index (χ4n) is 3.20. The molecule has 1 atom stereocenters. The molecule has 0 saturated carbocycles. The second kappa shape index (κ2) is 6.80. The molecule has 130 valence electrons. The predicted molar refractivity (Wildman–Crippen MR) is 93.6 cm³/mol. The molecule has 0 aromatic heterocycles. The Labute approximate surface area is 144 Å². The van der Waals surface area contributed by atoms with E-state index in [1.165, 1.54) is 25.3 Å². The van der Waals surface area contributed by atoms with E-state index in [1.807, 2.05) is 18.2 Å². The van der Waals surface area contributed by atoms with Gasteiger partial charge in [-0.15, -0.1) is 0 Å². The van der Waals surface area contributed by atoms with Crippen molar-refractivity contribution < 1.29 is 14.5 Å². The minimum Gasteiger partial charge on any atom is -0.490 e. The van der Waals surface area contributed by atoms with Gasteiger partial charge in [0.25, 0.3) is 5.91 Å². The first kappa shape index (κ1) is 16.8. The van der Waals surface area contributed by atoms with Gasteiger partial charge in [0, 0.05) is 23.4 Å². The summed E-state index contributed by atoms with van der Waals surface area (Å²) in [6, 6.07) is 9.73. The largest absolute Gasteiger partial charge is 0.490 e. The van der Waals surface area contributed by atoms with Crippen molar-refractivity contribution in [3.05, 3.63) is 63.2 Å². The van der Waals surface area contributed by atoms with Gasteiger partial charge >= 0.3 is 5.69 Å². The Balaban J connectivity index is 1.83. The summed E-state index contributed by atoms with van der Waals surface area (Å²) in [5, 5.41) is 14.0. The van der Waals surface area contributed by atoms with Crippen LogP contribution in [0.15, 0.2) is 36.4 Å². The molecule has 0 bridgehead atoms. The summed E-state index contributed by atoms with van der Waals surface area (Å²) < 4.78 is 5.02. The van der Waals surface area contributed by atoms with E-state index in [-0.39, 0.29) is 23.4 Å². The summed E-state index contributed by atoms with van der Waals surface area (Å²) in [6.45, 7) is 0. The number of carbonyl (C=O) groups excluding carboxylic acids is 1. The van der Waals surface area contributed by atoms with E-state index in [0.717, 1.165) is 30.4 Å². The van der Waals surface area contributed by atoms with E-state index in [0.29, 0.717) is 11.3 Å². The number of hydrogen-bond acceptors (Lipinski definition) is 5. The fraction of sp³-hybridized carbons (Fsp3) is 0.278. The zero-order chi connectivity index (χ0) is 18.0. The number of ether oxygens (including phenoxy) is 1. The van der Waals surface area contributed by atoms with Crippen LogP contribution in [0.5, 0.6) is 5.75 Å². The Morgan fingerprint density at radius 2 is 2.12 bits per heavy atom. The van der Waals surface area contributed by atoms with Crippen molar-refractivity contribution in [2.45, 2.75) is 25.3 Å². The monoisotopic (exact) mass is 341 g/mol. The Kier molecular flexibility index (Phi) is 4.56. The summed E-state index contributed by atoms with van der Waals surface area (Å²) in [4.78, 5) is 23.0. The quantitative estimate of drug-likeness (QED) is 0.505. The van der Waals surface area contributed by atoms with Gasteiger partial charge in [0.15, 0.2) is 5.75 Å². The number of aryl methyl sites for hydroxylation is 1. The minimum absolute atomic E-state index is 0.0643. The van der Waals surface area contributed by atoms with Gasteiger partial charge in [0.1, 0.15) is 0 Å². The normalized spacial score (nSPS) is 16.0. The third-order valence-corrected chi connectivity index (χ3v) is 4.43. The summed E-state index contributed by atoms with van der Waals surface area (Å²) in [5.41, 5.74) is 8.93. The molecule has 0 heterocycles. The van der Waals surface area contributed by atoms with Crippen LogP contribution in [0.2, 0.25) is 0 Å². The van der Waals surface area contributed by atoms with Crippen molar-refractivity contribution in [2.24, 2.45) is 0 Å². The average Bonchev–Trinajstić information content (AvgIpc) is 2.60. The minimum atomic E-state index is -0.539. The third-order valence-electron chi connectivity index (χ3n) is 4.43. The van der Waals surface area contributed by atoms with Gasteiger partial charge in [-0.2, -0.15) is 0 Å². The summed E-state index contributed by atoms with van der Waals surface area (Å²) in [6.07, 6.45) is 2.75. The molecule has 3 rings (SSSR count). The first-order chi connectivity index (χ1) is 12.0. The van der Waals surface area contributed by atoms with Gasteiger partial charge in [0.05, 0.1) is 18.1 Å². The Hall–Kier alpha value is -3.09. The van der Waals surface area contributed by atoms with Crippen LogP contribution in [-0.2, 0) is 6.42 Å². The maximum Gasteiger partial charge on any atom is 0.310 e. The second-order valence-corrected chi connectivity index (χ2v) is 6.02. The lowest BCUT2D eigenvalue weighted by atomic mass is 9.87. The Morgan fingerprint density at radius 1 is 1.32 bits per heavy atom. The van der Waals surface area contributed by atoms with Crippen LogP contribution in [0.3, 0.4) is 0 Å². The van der Waals surface area contributed by atoms with Crippen LogP contribution in [0.1, 0.15) is 40.4 Å². The Bertz CT molecular complexity index is 835. The summed E-state index contributed by atoms with van der Waals surface area (Å²) in [7, 11) is 1.34. The number of nitro groups is 1. The van der Waals surface area contributed by atoms with Gasteiger partial charge in [-0.25, -0.2) is 0 Å². The number of nitrogens with two attached hydrogens (primary N) is 1. The molecule has 0 aliphatic heterocycles. The topological polar surface area (TPSA) is 107 Å². The zero-order valence-electron chi connectivity index (χ0n) is 13.8. The van der Waals surface area contributed by atoms with Crippen molar-refractivity contribution in [1.82, 2.24) is 5.32 Å². The standard InChI is InChI=1S/C18H19N3O4/c1-25-17-10-12(5-8-16(17)21(23)24)18(22)20-15-4-2-3-11-9-13(19)6-7-14(11)15/h5-10,15H,2-4,19H2,1H3,(H,20,22). The third kappa shape index (κ3) is 3.40. The molecule has 2 aromatic rings. The molecule has 1 amide bonds. The van der Waals surface area contributed by atoms with Crippen molar-refractivity contribution in [1.29, 1.82) is 0 Å². The smallest absolute Gasteiger partial charge is 0.310 e.